The second-order valence-corrected chi connectivity index (χ2v) is 7.18. The molecule has 152 valence electrons. The van der Waals surface area contributed by atoms with E-state index < -0.39 is 6.09 Å². The minimum atomic E-state index is -0.504. The highest BCUT2D eigenvalue weighted by molar-refractivity contribution is 5.70. The van der Waals surface area contributed by atoms with E-state index in [4.69, 9.17) is 9.57 Å². The zero-order valence-electron chi connectivity index (χ0n) is 16.5. The number of benzene rings is 3. The zero-order valence-corrected chi connectivity index (χ0v) is 16.5. The van der Waals surface area contributed by atoms with Gasteiger partial charge < -0.3 is 10.1 Å². The van der Waals surface area contributed by atoms with Crippen LogP contribution in [0.4, 0.5) is 4.79 Å². The quantitative estimate of drug-likeness (QED) is 0.617. The SMILES string of the molecule is O=C(NC(Cc1ccccc1)C1C=C(Cc2ccccc2)NO1)Oc1ccccc1. The third kappa shape index (κ3) is 5.49. The standard InChI is InChI=1S/C25H24N2O3/c28-25(29-22-14-8-3-9-15-22)26-23(17-20-12-6-2-7-13-20)24-18-21(27-30-24)16-19-10-4-1-5-11-19/h1-15,18,23-24,27H,16-17H2,(H,26,28). The summed E-state index contributed by atoms with van der Waals surface area (Å²) in [4.78, 5) is 18.3. The molecule has 5 nitrogen and oxygen atoms in total. The van der Waals surface area contributed by atoms with Gasteiger partial charge in [-0.2, -0.15) is 0 Å². The molecule has 1 heterocycles. The van der Waals surface area contributed by atoms with Crippen LogP contribution in [0, 0.1) is 0 Å². The van der Waals surface area contributed by atoms with Crippen LogP contribution in [-0.2, 0) is 17.7 Å². The highest BCUT2D eigenvalue weighted by atomic mass is 16.7. The molecule has 0 bridgehead atoms. The van der Waals surface area contributed by atoms with Crippen molar-refractivity contribution in [2.45, 2.75) is 25.0 Å². The van der Waals surface area contributed by atoms with Crippen LogP contribution >= 0.6 is 0 Å². The Morgan fingerprint density at radius 2 is 1.50 bits per heavy atom. The van der Waals surface area contributed by atoms with Gasteiger partial charge in [-0.05, 0) is 35.8 Å². The molecule has 0 saturated heterocycles. The number of carbonyl (C=O) groups excluding carboxylic acids is 1. The van der Waals surface area contributed by atoms with Crippen LogP contribution < -0.4 is 15.5 Å². The summed E-state index contributed by atoms with van der Waals surface area (Å²) in [7, 11) is 0. The lowest BCUT2D eigenvalue weighted by Gasteiger charge is -2.22. The van der Waals surface area contributed by atoms with Crippen molar-refractivity contribution in [2.24, 2.45) is 0 Å². The molecular formula is C25H24N2O3. The van der Waals surface area contributed by atoms with Gasteiger partial charge in [-0.25, -0.2) is 4.79 Å². The van der Waals surface area contributed by atoms with E-state index in [0.29, 0.717) is 12.2 Å². The van der Waals surface area contributed by atoms with Crippen molar-refractivity contribution in [1.29, 1.82) is 0 Å². The molecule has 0 aliphatic carbocycles. The highest BCUT2D eigenvalue weighted by Gasteiger charge is 2.28. The first-order valence-electron chi connectivity index (χ1n) is 10.00. The molecule has 0 spiro atoms. The molecule has 0 saturated carbocycles. The Morgan fingerprint density at radius 1 is 0.900 bits per heavy atom. The lowest BCUT2D eigenvalue weighted by atomic mass is 10.00. The number of rotatable bonds is 7. The lowest BCUT2D eigenvalue weighted by Crippen LogP contribution is -2.46. The molecule has 30 heavy (non-hydrogen) atoms. The smallest absolute Gasteiger partial charge is 0.410 e. The fourth-order valence-electron chi connectivity index (χ4n) is 3.41. The molecule has 2 atom stereocenters. The van der Waals surface area contributed by atoms with Crippen molar-refractivity contribution in [3.63, 3.8) is 0 Å². The minimum absolute atomic E-state index is 0.288. The maximum atomic E-state index is 12.5. The summed E-state index contributed by atoms with van der Waals surface area (Å²) in [6, 6.07) is 28.9. The van der Waals surface area contributed by atoms with Crippen LogP contribution in [0.3, 0.4) is 0 Å². The van der Waals surface area contributed by atoms with Crippen LogP contribution in [0.1, 0.15) is 11.1 Å². The van der Waals surface area contributed by atoms with Gasteiger partial charge in [-0.3, -0.25) is 10.3 Å². The largest absolute Gasteiger partial charge is 0.412 e. The van der Waals surface area contributed by atoms with Crippen molar-refractivity contribution >= 4 is 6.09 Å². The van der Waals surface area contributed by atoms with E-state index in [1.807, 2.05) is 72.8 Å². The Kier molecular flexibility index (Phi) is 6.42. The van der Waals surface area contributed by atoms with Crippen LogP contribution in [0.5, 0.6) is 5.75 Å². The molecule has 3 aromatic rings. The Hall–Kier alpha value is -3.57. The number of allylic oxidation sites excluding steroid dienone is 1. The van der Waals surface area contributed by atoms with Crippen molar-refractivity contribution in [2.75, 3.05) is 0 Å². The first kappa shape index (κ1) is 19.7. The number of nitrogens with one attached hydrogen (secondary N) is 2. The molecule has 5 heteroatoms. The average Bonchev–Trinajstić information content (AvgIpc) is 3.24. The van der Waals surface area contributed by atoms with Crippen LogP contribution in [0.2, 0.25) is 0 Å². The maximum absolute atomic E-state index is 12.5. The summed E-state index contributed by atoms with van der Waals surface area (Å²) in [6.45, 7) is 0. The van der Waals surface area contributed by atoms with Gasteiger partial charge in [0.25, 0.3) is 0 Å². The fourth-order valence-corrected chi connectivity index (χ4v) is 3.41. The molecule has 3 aromatic carbocycles. The van der Waals surface area contributed by atoms with E-state index in [0.717, 1.165) is 17.7 Å². The van der Waals surface area contributed by atoms with Gasteiger partial charge in [0.2, 0.25) is 0 Å². The average molecular weight is 400 g/mol. The predicted octanol–water partition coefficient (Wildman–Crippen LogP) is 4.42. The van der Waals surface area contributed by atoms with E-state index in [2.05, 4.69) is 22.9 Å². The summed E-state index contributed by atoms with van der Waals surface area (Å²) in [5.74, 6) is 0.499. The fraction of sp³-hybridized carbons (Fsp3) is 0.160. The summed E-state index contributed by atoms with van der Waals surface area (Å²) in [5, 5.41) is 2.97. The molecule has 0 radical (unpaired) electrons. The van der Waals surface area contributed by atoms with Gasteiger partial charge in [-0.1, -0.05) is 78.9 Å². The Balaban J connectivity index is 1.46. The van der Waals surface area contributed by atoms with Crippen molar-refractivity contribution < 1.29 is 14.4 Å². The minimum Gasteiger partial charge on any atom is -0.410 e. The second kappa shape index (κ2) is 9.76. The summed E-state index contributed by atoms with van der Waals surface area (Å²) in [5.41, 5.74) is 6.29. The molecule has 2 N–H and O–H groups in total. The molecule has 1 aliphatic rings. The number of ether oxygens (including phenoxy) is 1. The first-order chi connectivity index (χ1) is 14.8. The molecule has 4 rings (SSSR count). The molecular weight excluding hydrogens is 376 g/mol. The molecule has 1 amide bonds. The van der Waals surface area contributed by atoms with Gasteiger partial charge in [0, 0.05) is 12.1 Å². The van der Waals surface area contributed by atoms with E-state index >= 15 is 0 Å². The highest BCUT2D eigenvalue weighted by Crippen LogP contribution is 2.18. The van der Waals surface area contributed by atoms with Gasteiger partial charge in [0.15, 0.2) is 0 Å². The summed E-state index contributed by atoms with van der Waals surface area (Å²) in [6.07, 6.45) is 2.57. The molecule has 0 fully saturated rings. The number of hydroxylamine groups is 1. The number of carbonyl (C=O) groups is 1. The van der Waals surface area contributed by atoms with E-state index in [1.165, 1.54) is 5.56 Å². The Labute approximate surface area is 176 Å². The Morgan fingerprint density at radius 3 is 2.17 bits per heavy atom. The topological polar surface area (TPSA) is 59.6 Å². The van der Waals surface area contributed by atoms with E-state index in [-0.39, 0.29) is 12.1 Å². The Bertz CT molecular complexity index is 975. The van der Waals surface area contributed by atoms with Crippen LogP contribution in [0.15, 0.2) is 103 Å². The van der Waals surface area contributed by atoms with Crippen LogP contribution in [-0.4, -0.2) is 18.2 Å². The van der Waals surface area contributed by atoms with Crippen molar-refractivity contribution in [1.82, 2.24) is 10.8 Å². The monoisotopic (exact) mass is 400 g/mol. The van der Waals surface area contributed by atoms with Crippen LogP contribution in [0.25, 0.3) is 0 Å². The molecule has 1 aliphatic heterocycles. The number of amides is 1. The third-order valence-electron chi connectivity index (χ3n) is 4.88. The second-order valence-electron chi connectivity index (χ2n) is 7.18. The van der Waals surface area contributed by atoms with Gasteiger partial charge >= 0.3 is 6.09 Å². The number of hydrogen-bond donors (Lipinski definition) is 2. The molecule has 2 unspecified atom stereocenters. The first-order valence-corrected chi connectivity index (χ1v) is 10.00. The normalized spacial score (nSPS) is 16.3. The van der Waals surface area contributed by atoms with E-state index in [1.54, 1.807) is 12.1 Å². The third-order valence-corrected chi connectivity index (χ3v) is 4.88. The number of para-hydroxylation sites is 1. The summed E-state index contributed by atoms with van der Waals surface area (Å²) >= 11 is 0. The zero-order chi connectivity index (χ0) is 20.6. The number of hydrogen-bond acceptors (Lipinski definition) is 4. The van der Waals surface area contributed by atoms with Gasteiger partial charge in [0.1, 0.15) is 11.9 Å². The van der Waals surface area contributed by atoms with E-state index in [9.17, 15) is 4.79 Å². The molecule has 0 aromatic heterocycles. The lowest BCUT2D eigenvalue weighted by molar-refractivity contribution is 0.0212. The maximum Gasteiger partial charge on any atom is 0.412 e. The van der Waals surface area contributed by atoms with Crippen molar-refractivity contribution in [3.05, 3.63) is 114 Å². The predicted molar refractivity (Wildman–Crippen MR) is 116 cm³/mol. The van der Waals surface area contributed by atoms with Gasteiger partial charge in [0.05, 0.1) is 6.04 Å². The van der Waals surface area contributed by atoms with Crippen molar-refractivity contribution in [3.8, 4) is 5.75 Å². The summed E-state index contributed by atoms with van der Waals surface area (Å²) < 4.78 is 5.42. The van der Waals surface area contributed by atoms with Gasteiger partial charge in [-0.15, -0.1) is 0 Å².